The van der Waals surface area contributed by atoms with Crippen molar-refractivity contribution < 1.29 is 28.6 Å². The number of benzene rings is 3. The second-order valence-electron chi connectivity index (χ2n) is 10.8. The number of rotatable bonds is 17. The number of nitrogens with one attached hydrogen (secondary N) is 1. The second kappa shape index (κ2) is 18.4. The molecule has 1 aromatic heterocycles. The number of hydrogen-bond acceptors (Lipinski definition) is 8. The van der Waals surface area contributed by atoms with E-state index in [1.165, 1.54) is 47.8 Å². The molecule has 0 radical (unpaired) electrons. The summed E-state index contributed by atoms with van der Waals surface area (Å²) in [5.74, 6) is -0.560. The van der Waals surface area contributed by atoms with Crippen LogP contribution in [0.4, 0.5) is 0 Å². The van der Waals surface area contributed by atoms with Gasteiger partial charge >= 0.3 is 11.9 Å². The molecule has 0 bridgehead atoms. The highest BCUT2D eigenvalue weighted by Crippen LogP contribution is 2.38. The lowest BCUT2D eigenvalue weighted by Gasteiger charge is -2.07. The van der Waals surface area contributed by atoms with Crippen LogP contribution in [0.5, 0.6) is 5.75 Å². The van der Waals surface area contributed by atoms with Gasteiger partial charge in [-0.25, -0.2) is 14.6 Å². The normalized spacial score (nSPS) is 11.0. The van der Waals surface area contributed by atoms with Gasteiger partial charge in [-0.15, -0.1) is 11.3 Å². The molecular weight excluding hydrogens is 612 g/mol. The van der Waals surface area contributed by atoms with Crippen LogP contribution in [0, 0.1) is 0 Å². The van der Waals surface area contributed by atoms with Crippen molar-refractivity contribution >= 4 is 35.3 Å². The van der Waals surface area contributed by atoms with E-state index >= 15 is 0 Å². The van der Waals surface area contributed by atoms with E-state index in [0.717, 1.165) is 34.4 Å². The summed E-state index contributed by atoms with van der Waals surface area (Å²) < 4.78 is 15.6. The van der Waals surface area contributed by atoms with Gasteiger partial charge in [0.1, 0.15) is 5.75 Å². The highest BCUT2D eigenvalue weighted by Gasteiger charge is 2.20. The molecule has 3 aromatic carbocycles. The third-order valence-electron chi connectivity index (χ3n) is 7.27. The number of unbranched alkanes of at least 4 members (excludes halogenated alkanes) is 2. The third-order valence-corrected chi connectivity index (χ3v) is 8.36. The number of aromatic nitrogens is 1. The van der Waals surface area contributed by atoms with Gasteiger partial charge in [-0.2, -0.15) is 0 Å². The fraction of sp³-hybridized carbons (Fsp3) is 0.316. The molecule has 0 spiro atoms. The molecule has 47 heavy (non-hydrogen) atoms. The Labute approximate surface area is 280 Å². The average molecular weight is 655 g/mol. The number of hydrogen-bond donors (Lipinski definition) is 1. The first-order chi connectivity index (χ1) is 22.9. The molecular formula is C38H42N2O6S. The number of carbonyl (C=O) groups is 3. The zero-order valence-electron chi connectivity index (χ0n) is 27.3. The van der Waals surface area contributed by atoms with Crippen LogP contribution in [-0.2, 0) is 31.9 Å². The standard InChI is InChI=1S/C38H42N2O6S/c1-4-7-8-9-27-10-12-29(13-11-27)24-25-39-33(41)23-16-28-14-17-31(18-15-28)36-35(40-37(47-36)38(43)45-6-3)30-19-21-32(22-20-30)46-26-34(42)44-5-2/h10-23H,4-9,24-26H2,1-3H3,(H,39,41)/b23-16+. The number of carbonyl (C=O) groups excluding carboxylic acids is 3. The van der Waals surface area contributed by atoms with E-state index in [2.05, 4.69) is 41.5 Å². The maximum atomic E-state index is 12.6. The Balaban J connectivity index is 1.38. The minimum absolute atomic E-state index is 0.149. The lowest BCUT2D eigenvalue weighted by Crippen LogP contribution is -2.23. The Morgan fingerprint density at radius 3 is 2.11 bits per heavy atom. The van der Waals surface area contributed by atoms with Gasteiger partial charge in [0.15, 0.2) is 6.61 Å². The monoisotopic (exact) mass is 654 g/mol. The molecule has 1 heterocycles. The van der Waals surface area contributed by atoms with Crippen molar-refractivity contribution in [3.63, 3.8) is 0 Å². The van der Waals surface area contributed by atoms with Crippen LogP contribution < -0.4 is 10.1 Å². The highest BCUT2D eigenvalue weighted by atomic mass is 32.1. The highest BCUT2D eigenvalue weighted by molar-refractivity contribution is 7.17. The molecule has 0 saturated heterocycles. The zero-order chi connectivity index (χ0) is 33.4. The SMILES string of the molecule is CCCCCc1ccc(CCNC(=O)/C=C/c2ccc(-c3sc(C(=O)OCC)nc3-c3ccc(OCC(=O)OCC)cc3)cc2)cc1. The number of ether oxygens (including phenoxy) is 3. The van der Waals surface area contributed by atoms with Gasteiger partial charge in [0.25, 0.3) is 0 Å². The van der Waals surface area contributed by atoms with Gasteiger partial charge in [-0.1, -0.05) is 68.3 Å². The summed E-state index contributed by atoms with van der Waals surface area (Å²) in [6, 6.07) is 23.5. The number of amides is 1. The van der Waals surface area contributed by atoms with Crippen LogP contribution in [0.2, 0.25) is 0 Å². The maximum Gasteiger partial charge on any atom is 0.367 e. The van der Waals surface area contributed by atoms with E-state index in [1.807, 2.05) is 36.4 Å². The van der Waals surface area contributed by atoms with Crippen LogP contribution in [0.15, 0.2) is 78.9 Å². The Kier molecular flexibility index (Phi) is 13.7. The molecule has 8 nitrogen and oxygen atoms in total. The number of thiazole rings is 1. The van der Waals surface area contributed by atoms with Crippen LogP contribution in [0.1, 0.15) is 66.5 Å². The molecule has 9 heteroatoms. The Hall–Kier alpha value is -4.76. The minimum Gasteiger partial charge on any atom is -0.482 e. The first kappa shape index (κ1) is 35.1. The average Bonchev–Trinajstić information content (AvgIpc) is 3.54. The van der Waals surface area contributed by atoms with E-state index in [-0.39, 0.29) is 30.7 Å². The van der Waals surface area contributed by atoms with Crippen molar-refractivity contribution in [1.82, 2.24) is 10.3 Å². The summed E-state index contributed by atoms with van der Waals surface area (Å²) in [5, 5.41) is 3.21. The fourth-order valence-electron chi connectivity index (χ4n) is 4.80. The van der Waals surface area contributed by atoms with Crippen LogP contribution >= 0.6 is 11.3 Å². The molecule has 4 aromatic rings. The van der Waals surface area contributed by atoms with Crippen LogP contribution in [-0.4, -0.2) is 49.2 Å². The predicted octanol–water partition coefficient (Wildman–Crippen LogP) is 7.70. The molecule has 0 aliphatic carbocycles. The van der Waals surface area contributed by atoms with E-state index in [9.17, 15) is 14.4 Å². The zero-order valence-corrected chi connectivity index (χ0v) is 28.1. The third kappa shape index (κ3) is 10.9. The smallest absolute Gasteiger partial charge is 0.367 e. The van der Waals surface area contributed by atoms with Crippen molar-refractivity contribution in [3.8, 4) is 27.4 Å². The van der Waals surface area contributed by atoms with Gasteiger partial charge in [0, 0.05) is 18.2 Å². The number of esters is 2. The predicted molar refractivity (Wildman–Crippen MR) is 186 cm³/mol. The lowest BCUT2D eigenvalue weighted by molar-refractivity contribution is -0.145. The van der Waals surface area contributed by atoms with Crippen LogP contribution in [0.3, 0.4) is 0 Å². The van der Waals surface area contributed by atoms with Gasteiger partial charge in [0.2, 0.25) is 10.9 Å². The summed E-state index contributed by atoms with van der Waals surface area (Å²) >= 11 is 1.26. The largest absolute Gasteiger partial charge is 0.482 e. The topological polar surface area (TPSA) is 104 Å². The molecule has 0 atom stereocenters. The van der Waals surface area contributed by atoms with Crippen molar-refractivity contribution in [2.24, 2.45) is 0 Å². The van der Waals surface area contributed by atoms with Gasteiger partial charge in [-0.3, -0.25) is 4.79 Å². The number of aryl methyl sites for hydroxylation is 1. The maximum absolute atomic E-state index is 12.6. The lowest BCUT2D eigenvalue weighted by atomic mass is 10.0. The van der Waals surface area contributed by atoms with Gasteiger partial charge in [0.05, 0.1) is 23.8 Å². The molecule has 246 valence electrons. The van der Waals surface area contributed by atoms with E-state index in [0.29, 0.717) is 18.0 Å². The molecule has 0 fully saturated rings. The van der Waals surface area contributed by atoms with Crippen LogP contribution in [0.25, 0.3) is 27.8 Å². The summed E-state index contributed by atoms with van der Waals surface area (Å²) in [5.41, 5.74) is 5.70. The van der Waals surface area contributed by atoms with Gasteiger partial charge in [-0.05, 0) is 85.7 Å². The first-order valence-corrected chi connectivity index (χ1v) is 16.9. The Morgan fingerprint density at radius 1 is 0.787 bits per heavy atom. The summed E-state index contributed by atoms with van der Waals surface area (Å²) in [6.45, 7) is 6.62. The summed E-state index contributed by atoms with van der Waals surface area (Å²) in [6.07, 6.45) is 8.89. The molecule has 1 N–H and O–H groups in total. The summed E-state index contributed by atoms with van der Waals surface area (Å²) in [7, 11) is 0. The molecule has 4 rings (SSSR count). The van der Waals surface area contributed by atoms with Crippen molar-refractivity contribution in [1.29, 1.82) is 0 Å². The second-order valence-corrected chi connectivity index (χ2v) is 11.8. The molecule has 0 unspecified atom stereocenters. The fourth-order valence-corrected chi connectivity index (χ4v) is 5.79. The first-order valence-electron chi connectivity index (χ1n) is 16.1. The molecule has 0 aliphatic rings. The minimum atomic E-state index is -0.482. The van der Waals surface area contributed by atoms with Crippen molar-refractivity contribution in [2.45, 2.75) is 52.9 Å². The van der Waals surface area contributed by atoms with Gasteiger partial charge < -0.3 is 19.5 Å². The Morgan fingerprint density at radius 2 is 1.45 bits per heavy atom. The van der Waals surface area contributed by atoms with Crippen molar-refractivity contribution in [3.05, 3.63) is 101 Å². The Bertz CT molecular complexity index is 1630. The quantitative estimate of drug-likeness (QED) is 0.0707. The summed E-state index contributed by atoms with van der Waals surface area (Å²) in [4.78, 5) is 42.1. The molecule has 0 saturated carbocycles. The number of nitrogens with zero attached hydrogens (tertiary/aromatic N) is 1. The van der Waals surface area contributed by atoms with E-state index < -0.39 is 11.9 Å². The molecule has 0 aliphatic heterocycles. The van der Waals surface area contributed by atoms with Crippen molar-refractivity contribution in [2.75, 3.05) is 26.4 Å². The van der Waals surface area contributed by atoms with E-state index in [4.69, 9.17) is 14.2 Å². The molecule has 1 amide bonds. The van der Waals surface area contributed by atoms with E-state index in [1.54, 1.807) is 32.1 Å².